The molecule has 1 saturated heterocycles. The van der Waals surface area contributed by atoms with Gasteiger partial charge in [0.2, 0.25) is 0 Å². The molecule has 0 radical (unpaired) electrons. The van der Waals surface area contributed by atoms with E-state index in [2.05, 4.69) is 40.5 Å². The molecular formula is C17H26N2O. The van der Waals surface area contributed by atoms with Crippen molar-refractivity contribution in [1.82, 2.24) is 5.32 Å². The molecule has 0 bridgehead atoms. The number of hydrogen-bond donors (Lipinski definition) is 2. The number of hydrogen-bond acceptors (Lipinski definition) is 3. The van der Waals surface area contributed by atoms with Crippen molar-refractivity contribution in [2.24, 2.45) is 5.92 Å². The zero-order valence-electron chi connectivity index (χ0n) is 12.2. The van der Waals surface area contributed by atoms with Crippen LogP contribution in [-0.2, 0) is 0 Å². The number of anilines is 1. The quantitative estimate of drug-likeness (QED) is 0.836. The molecule has 1 atom stereocenters. The van der Waals surface area contributed by atoms with Crippen LogP contribution in [-0.4, -0.2) is 36.9 Å². The van der Waals surface area contributed by atoms with E-state index >= 15 is 0 Å². The fourth-order valence-corrected chi connectivity index (χ4v) is 3.34. The van der Waals surface area contributed by atoms with Gasteiger partial charge >= 0.3 is 0 Å². The van der Waals surface area contributed by atoms with Gasteiger partial charge in [-0.25, -0.2) is 0 Å². The second kappa shape index (κ2) is 6.59. The van der Waals surface area contributed by atoms with Crippen molar-refractivity contribution >= 4 is 5.69 Å². The van der Waals surface area contributed by atoms with Crippen molar-refractivity contribution in [2.45, 2.75) is 44.2 Å². The number of nitrogens with zero attached hydrogens (tertiary/aromatic N) is 1. The molecule has 1 saturated carbocycles. The largest absolute Gasteiger partial charge is 0.396 e. The van der Waals surface area contributed by atoms with Gasteiger partial charge in [-0.05, 0) is 50.2 Å². The Morgan fingerprint density at radius 3 is 2.40 bits per heavy atom. The van der Waals surface area contributed by atoms with Crippen molar-refractivity contribution < 1.29 is 5.11 Å². The number of aliphatic hydroxyl groups is 1. The summed E-state index contributed by atoms with van der Waals surface area (Å²) in [6.45, 7) is 2.59. The third kappa shape index (κ3) is 3.53. The van der Waals surface area contributed by atoms with Gasteiger partial charge in [-0.15, -0.1) is 0 Å². The van der Waals surface area contributed by atoms with E-state index in [1.807, 2.05) is 0 Å². The summed E-state index contributed by atoms with van der Waals surface area (Å²) in [4.78, 5) is 2.48. The molecule has 1 aliphatic carbocycles. The van der Waals surface area contributed by atoms with E-state index in [1.165, 1.54) is 31.4 Å². The van der Waals surface area contributed by atoms with Crippen LogP contribution in [0.4, 0.5) is 5.69 Å². The van der Waals surface area contributed by atoms with Crippen LogP contribution in [0.1, 0.15) is 32.1 Å². The summed E-state index contributed by atoms with van der Waals surface area (Å²) in [5, 5.41) is 13.0. The summed E-state index contributed by atoms with van der Waals surface area (Å²) in [6.07, 6.45) is 6.04. The van der Waals surface area contributed by atoms with E-state index in [-0.39, 0.29) is 0 Å². The predicted octanol–water partition coefficient (Wildman–Crippen LogP) is 2.41. The highest BCUT2D eigenvalue weighted by molar-refractivity contribution is 5.46. The molecule has 1 aliphatic heterocycles. The van der Waals surface area contributed by atoms with Gasteiger partial charge in [-0.2, -0.15) is 0 Å². The van der Waals surface area contributed by atoms with Gasteiger partial charge in [-0.3, -0.25) is 0 Å². The molecule has 2 N–H and O–H groups in total. The summed E-state index contributed by atoms with van der Waals surface area (Å²) in [5.41, 5.74) is 1.35. The van der Waals surface area contributed by atoms with Gasteiger partial charge in [0.05, 0.1) is 0 Å². The van der Waals surface area contributed by atoms with Gasteiger partial charge in [0.15, 0.2) is 0 Å². The maximum absolute atomic E-state index is 9.19. The lowest BCUT2D eigenvalue weighted by Crippen LogP contribution is -2.47. The third-order valence-corrected chi connectivity index (χ3v) is 4.70. The van der Waals surface area contributed by atoms with Crippen molar-refractivity contribution in [3.8, 4) is 0 Å². The second-order valence-electron chi connectivity index (χ2n) is 6.22. The molecule has 0 aromatic heterocycles. The second-order valence-corrected chi connectivity index (χ2v) is 6.22. The number of benzene rings is 1. The van der Waals surface area contributed by atoms with E-state index in [0.29, 0.717) is 18.7 Å². The fraction of sp³-hybridized carbons (Fsp3) is 0.647. The minimum absolute atomic E-state index is 0.316. The maximum atomic E-state index is 9.19. The highest BCUT2D eigenvalue weighted by Gasteiger charge is 2.32. The lowest BCUT2D eigenvalue weighted by molar-refractivity contribution is 0.241. The zero-order chi connectivity index (χ0) is 13.8. The first kappa shape index (κ1) is 13.9. The Hall–Kier alpha value is -1.06. The van der Waals surface area contributed by atoms with Gasteiger partial charge in [-0.1, -0.05) is 18.2 Å². The van der Waals surface area contributed by atoms with Crippen LogP contribution in [0.2, 0.25) is 0 Å². The number of nitrogens with one attached hydrogen (secondary N) is 1. The average Bonchev–Trinajstić information content (AvgIpc) is 3.33. The first-order chi connectivity index (χ1) is 9.86. The summed E-state index contributed by atoms with van der Waals surface area (Å²) in [7, 11) is 0. The van der Waals surface area contributed by atoms with E-state index < -0.39 is 0 Å². The standard InChI is InChI=1S/C17H26N2O/c20-13-10-17(14-6-7-14)18-15-8-11-19(12-9-15)16-4-2-1-3-5-16/h1-5,14-15,17-18,20H,6-13H2. The molecule has 0 spiro atoms. The normalized spacial score (nSPS) is 21.9. The average molecular weight is 274 g/mol. The van der Waals surface area contributed by atoms with Crippen LogP contribution in [0.3, 0.4) is 0 Å². The van der Waals surface area contributed by atoms with Crippen LogP contribution in [0.5, 0.6) is 0 Å². The molecule has 1 aromatic rings. The Morgan fingerprint density at radius 2 is 1.80 bits per heavy atom. The van der Waals surface area contributed by atoms with Crippen molar-refractivity contribution in [3.63, 3.8) is 0 Å². The minimum Gasteiger partial charge on any atom is -0.396 e. The van der Waals surface area contributed by atoms with Crippen molar-refractivity contribution in [2.75, 3.05) is 24.6 Å². The maximum Gasteiger partial charge on any atom is 0.0445 e. The predicted molar refractivity (Wildman–Crippen MR) is 83.0 cm³/mol. The Bertz CT molecular complexity index is 397. The molecule has 1 unspecified atom stereocenters. The molecule has 3 rings (SSSR count). The highest BCUT2D eigenvalue weighted by Crippen LogP contribution is 2.34. The molecule has 2 fully saturated rings. The number of aliphatic hydroxyl groups excluding tert-OH is 1. The Labute approximate surface area is 122 Å². The van der Waals surface area contributed by atoms with Crippen molar-refractivity contribution in [3.05, 3.63) is 30.3 Å². The van der Waals surface area contributed by atoms with Crippen LogP contribution >= 0.6 is 0 Å². The lowest BCUT2D eigenvalue weighted by Gasteiger charge is -2.36. The topological polar surface area (TPSA) is 35.5 Å². The smallest absolute Gasteiger partial charge is 0.0445 e. The first-order valence-corrected chi connectivity index (χ1v) is 8.03. The van der Waals surface area contributed by atoms with Gasteiger partial charge in [0.1, 0.15) is 0 Å². The van der Waals surface area contributed by atoms with Crippen LogP contribution in [0.15, 0.2) is 30.3 Å². The summed E-state index contributed by atoms with van der Waals surface area (Å²) >= 11 is 0. The van der Waals surface area contributed by atoms with Crippen molar-refractivity contribution in [1.29, 1.82) is 0 Å². The zero-order valence-corrected chi connectivity index (χ0v) is 12.2. The molecule has 1 aromatic carbocycles. The molecule has 1 heterocycles. The number of para-hydroxylation sites is 1. The molecule has 2 aliphatic rings. The van der Waals surface area contributed by atoms with Gasteiger partial charge < -0.3 is 15.3 Å². The van der Waals surface area contributed by atoms with Crippen LogP contribution in [0.25, 0.3) is 0 Å². The Kier molecular flexibility index (Phi) is 4.58. The third-order valence-electron chi connectivity index (χ3n) is 4.70. The highest BCUT2D eigenvalue weighted by atomic mass is 16.3. The van der Waals surface area contributed by atoms with E-state index in [1.54, 1.807) is 0 Å². The van der Waals surface area contributed by atoms with Gasteiger partial charge in [0.25, 0.3) is 0 Å². The SMILES string of the molecule is OCCC(NC1CCN(c2ccccc2)CC1)C1CC1. The first-order valence-electron chi connectivity index (χ1n) is 8.03. The van der Waals surface area contributed by atoms with Crippen LogP contribution < -0.4 is 10.2 Å². The Morgan fingerprint density at radius 1 is 1.10 bits per heavy atom. The molecule has 110 valence electrons. The number of rotatable bonds is 6. The van der Waals surface area contributed by atoms with E-state index in [9.17, 15) is 5.11 Å². The lowest BCUT2D eigenvalue weighted by atomic mass is 10.0. The summed E-state index contributed by atoms with van der Waals surface area (Å²) < 4.78 is 0. The summed E-state index contributed by atoms with van der Waals surface area (Å²) in [5.74, 6) is 0.828. The van der Waals surface area contributed by atoms with E-state index in [4.69, 9.17) is 0 Å². The molecule has 0 amide bonds. The molecule has 20 heavy (non-hydrogen) atoms. The summed E-state index contributed by atoms with van der Waals surface area (Å²) in [6, 6.07) is 11.9. The number of piperidine rings is 1. The minimum atomic E-state index is 0.316. The fourth-order valence-electron chi connectivity index (χ4n) is 3.34. The van der Waals surface area contributed by atoms with Crippen LogP contribution in [0, 0.1) is 5.92 Å². The van der Waals surface area contributed by atoms with Gasteiger partial charge in [0, 0.05) is 37.5 Å². The monoisotopic (exact) mass is 274 g/mol. The van der Waals surface area contributed by atoms with E-state index in [0.717, 1.165) is 25.4 Å². The molecule has 3 nitrogen and oxygen atoms in total. The molecular weight excluding hydrogens is 248 g/mol. The Balaban J connectivity index is 1.48. The molecule has 3 heteroatoms.